The number of nitrogens with one attached hydrogen (secondary N) is 2. The van der Waals surface area contributed by atoms with Crippen molar-refractivity contribution in [3.8, 4) is 11.8 Å². The molecule has 0 aliphatic carbocycles. The highest BCUT2D eigenvalue weighted by molar-refractivity contribution is 5.73. The smallest absolute Gasteiger partial charge is 0.282 e. The highest BCUT2D eigenvalue weighted by atomic mass is 16.5. The topological polar surface area (TPSA) is 191 Å². The molecule has 236 valence electrons. The quantitative estimate of drug-likeness (QED) is 0.188. The van der Waals surface area contributed by atoms with Crippen molar-refractivity contribution < 1.29 is 14.2 Å². The summed E-state index contributed by atoms with van der Waals surface area (Å²) >= 11 is 0. The maximum atomic E-state index is 8.82. The molecule has 6 N–H and O–H groups in total. The zero-order valence-electron chi connectivity index (χ0n) is 25.5. The van der Waals surface area contributed by atoms with Gasteiger partial charge in [-0.2, -0.15) is 5.26 Å². The van der Waals surface area contributed by atoms with Gasteiger partial charge in [0.05, 0.1) is 37.8 Å². The van der Waals surface area contributed by atoms with E-state index >= 15 is 0 Å². The summed E-state index contributed by atoms with van der Waals surface area (Å²) in [5, 5.41) is 15.2. The number of hydrogen-bond donors (Lipinski definition) is 4. The predicted molar refractivity (Wildman–Crippen MR) is 176 cm³/mol. The van der Waals surface area contributed by atoms with E-state index in [0.717, 1.165) is 48.6 Å². The molecule has 0 fully saturated rings. The Balaban J connectivity index is 0.000000181. The largest absolute Gasteiger partial charge is 0.495 e. The van der Waals surface area contributed by atoms with Gasteiger partial charge in [0.2, 0.25) is 0 Å². The molecule has 2 unspecified atom stereocenters. The van der Waals surface area contributed by atoms with Gasteiger partial charge in [-0.25, -0.2) is 20.0 Å². The number of anilines is 4. The van der Waals surface area contributed by atoms with Crippen LogP contribution in [-0.2, 0) is 22.3 Å². The van der Waals surface area contributed by atoms with Crippen molar-refractivity contribution in [1.29, 1.82) is 5.26 Å². The van der Waals surface area contributed by atoms with Crippen LogP contribution >= 0.6 is 0 Å². The Morgan fingerprint density at radius 2 is 1.35 bits per heavy atom. The number of aliphatic imine (C=N–C) groups is 2. The SMILES string of the molecule is COc1ccc(Nc2ccc(CCC3COC(N)=N3)cc2)nc1.N#Cc1cncc(Nc2ccc(CCC3COC(N)=N3)cc2)n1. The predicted octanol–water partition coefficient (Wildman–Crippen LogP) is 4.22. The number of pyridine rings is 1. The fraction of sp³-hybridized carbons (Fsp3) is 0.273. The number of hydrogen-bond acceptors (Lipinski definition) is 13. The first-order valence-corrected chi connectivity index (χ1v) is 14.8. The van der Waals surface area contributed by atoms with Crippen LogP contribution in [0.3, 0.4) is 0 Å². The van der Waals surface area contributed by atoms with Crippen molar-refractivity contribution in [3.05, 3.63) is 96.1 Å². The van der Waals surface area contributed by atoms with Crippen LogP contribution in [0.25, 0.3) is 0 Å². The van der Waals surface area contributed by atoms with E-state index in [1.165, 1.54) is 17.3 Å². The first kappa shape index (κ1) is 31.5. The molecule has 2 aromatic heterocycles. The van der Waals surface area contributed by atoms with Gasteiger partial charge in [-0.05, 0) is 73.2 Å². The number of methoxy groups -OCH3 is 1. The molecular formula is C33H36N10O3. The van der Waals surface area contributed by atoms with Crippen LogP contribution in [0.15, 0.2) is 89.2 Å². The number of aryl methyl sites for hydroxylation is 2. The lowest BCUT2D eigenvalue weighted by Gasteiger charge is -2.08. The van der Waals surface area contributed by atoms with Gasteiger partial charge < -0.3 is 36.3 Å². The van der Waals surface area contributed by atoms with E-state index in [9.17, 15) is 0 Å². The molecule has 0 saturated carbocycles. The number of aromatic nitrogens is 3. The van der Waals surface area contributed by atoms with Gasteiger partial charge in [0.25, 0.3) is 12.0 Å². The van der Waals surface area contributed by atoms with Crippen LogP contribution in [0.4, 0.5) is 23.0 Å². The number of nitrogens with two attached hydrogens (primary N) is 2. The summed E-state index contributed by atoms with van der Waals surface area (Å²) in [5.41, 5.74) is 15.7. The van der Waals surface area contributed by atoms with E-state index in [2.05, 4.69) is 47.7 Å². The molecule has 0 amide bonds. The van der Waals surface area contributed by atoms with Gasteiger partial charge in [0.15, 0.2) is 5.69 Å². The van der Waals surface area contributed by atoms with Crippen molar-refractivity contribution in [1.82, 2.24) is 15.0 Å². The molecule has 6 rings (SSSR count). The molecule has 0 bridgehead atoms. The Kier molecular flexibility index (Phi) is 10.8. The van der Waals surface area contributed by atoms with E-state index in [1.807, 2.05) is 54.6 Å². The second-order valence-electron chi connectivity index (χ2n) is 10.6. The van der Waals surface area contributed by atoms with Gasteiger partial charge in [-0.1, -0.05) is 24.3 Å². The van der Waals surface area contributed by atoms with Gasteiger partial charge in [-0.15, -0.1) is 0 Å². The summed E-state index contributed by atoms with van der Waals surface area (Å²) in [4.78, 5) is 20.8. The number of benzene rings is 2. The van der Waals surface area contributed by atoms with Crippen LogP contribution in [0.1, 0.15) is 29.7 Å². The highest BCUT2D eigenvalue weighted by Crippen LogP contribution is 2.20. The second kappa shape index (κ2) is 15.7. The third-order valence-corrected chi connectivity index (χ3v) is 7.17. The number of nitrogens with zero attached hydrogens (tertiary/aromatic N) is 6. The lowest BCUT2D eigenvalue weighted by atomic mass is 10.1. The van der Waals surface area contributed by atoms with Gasteiger partial charge in [0.1, 0.15) is 36.7 Å². The van der Waals surface area contributed by atoms with E-state index in [0.29, 0.717) is 25.1 Å². The number of nitriles is 1. The molecule has 0 radical (unpaired) electrons. The standard InChI is InChI=1S/C17H20N4O2.C16H16N6O/c1-22-15-8-9-16(19-10-15)20-13-5-2-12(3-6-13)4-7-14-11-23-17(18)21-14;17-7-14-8-19-9-15(21-14)20-12-4-1-11(2-5-12)3-6-13-10-23-16(18)22-13/h2-3,5-6,8-10,14H,4,7,11H2,1H3,(H2,18,21)(H,19,20);1-2,4-5,8-9,13H,3,6,10H2,(H2,18,22)(H,20,21). The lowest BCUT2D eigenvalue weighted by molar-refractivity contribution is 0.308. The van der Waals surface area contributed by atoms with Crippen molar-refractivity contribution in [2.75, 3.05) is 31.0 Å². The van der Waals surface area contributed by atoms with Gasteiger partial charge >= 0.3 is 0 Å². The van der Waals surface area contributed by atoms with Gasteiger partial charge in [0, 0.05) is 11.4 Å². The minimum Gasteiger partial charge on any atom is -0.495 e. The van der Waals surface area contributed by atoms with Crippen LogP contribution in [-0.4, -0.2) is 59.4 Å². The van der Waals surface area contributed by atoms with E-state index in [-0.39, 0.29) is 23.8 Å². The minimum absolute atomic E-state index is 0.150. The van der Waals surface area contributed by atoms with Crippen molar-refractivity contribution in [2.45, 2.75) is 37.8 Å². The summed E-state index contributed by atoms with van der Waals surface area (Å²) in [5.74, 6) is 2.07. The zero-order chi connectivity index (χ0) is 32.1. The number of amidine groups is 2. The molecule has 46 heavy (non-hydrogen) atoms. The number of ether oxygens (including phenoxy) is 3. The van der Waals surface area contributed by atoms with Crippen molar-refractivity contribution in [2.24, 2.45) is 21.5 Å². The monoisotopic (exact) mass is 620 g/mol. The maximum absolute atomic E-state index is 8.82. The molecule has 4 heterocycles. The molecular weight excluding hydrogens is 584 g/mol. The van der Waals surface area contributed by atoms with Crippen LogP contribution in [0, 0.1) is 11.3 Å². The second-order valence-corrected chi connectivity index (χ2v) is 10.6. The molecule has 0 spiro atoms. The zero-order valence-corrected chi connectivity index (χ0v) is 25.5. The third kappa shape index (κ3) is 9.55. The summed E-state index contributed by atoms with van der Waals surface area (Å²) in [6, 6.07) is 23.0. The average molecular weight is 621 g/mol. The van der Waals surface area contributed by atoms with Crippen molar-refractivity contribution in [3.63, 3.8) is 0 Å². The van der Waals surface area contributed by atoms with Crippen LogP contribution in [0.2, 0.25) is 0 Å². The van der Waals surface area contributed by atoms with Crippen LogP contribution < -0.4 is 26.8 Å². The Bertz CT molecular complexity index is 1670. The average Bonchev–Trinajstić information content (AvgIpc) is 3.71. The van der Waals surface area contributed by atoms with Crippen LogP contribution in [0.5, 0.6) is 5.75 Å². The maximum Gasteiger partial charge on any atom is 0.282 e. The summed E-state index contributed by atoms with van der Waals surface area (Å²) in [6.07, 6.45) is 8.40. The summed E-state index contributed by atoms with van der Waals surface area (Å²) in [7, 11) is 1.63. The molecule has 2 aliphatic rings. The molecule has 2 aromatic carbocycles. The Morgan fingerprint density at radius 3 is 1.80 bits per heavy atom. The lowest BCUT2D eigenvalue weighted by Crippen LogP contribution is -2.10. The fourth-order valence-electron chi connectivity index (χ4n) is 4.69. The third-order valence-electron chi connectivity index (χ3n) is 7.17. The first-order valence-electron chi connectivity index (χ1n) is 14.8. The molecule has 2 aliphatic heterocycles. The molecule has 4 aromatic rings. The number of rotatable bonds is 11. The van der Waals surface area contributed by atoms with E-state index in [4.69, 9.17) is 30.9 Å². The van der Waals surface area contributed by atoms with Gasteiger partial charge in [-0.3, -0.25) is 4.98 Å². The van der Waals surface area contributed by atoms with E-state index in [1.54, 1.807) is 19.5 Å². The summed E-state index contributed by atoms with van der Waals surface area (Å²) < 4.78 is 15.4. The first-order chi connectivity index (χ1) is 22.4. The Morgan fingerprint density at radius 1 is 0.783 bits per heavy atom. The normalized spacial score (nSPS) is 16.4. The van der Waals surface area contributed by atoms with Crippen molar-refractivity contribution >= 4 is 35.1 Å². The van der Waals surface area contributed by atoms with E-state index < -0.39 is 0 Å². The molecule has 0 saturated heterocycles. The molecule has 13 nitrogen and oxygen atoms in total. The highest BCUT2D eigenvalue weighted by Gasteiger charge is 2.17. The molecule has 2 atom stereocenters. The Labute approximate surface area is 267 Å². The molecule has 13 heteroatoms. The minimum atomic E-state index is 0.150. The fourth-order valence-corrected chi connectivity index (χ4v) is 4.69. The summed E-state index contributed by atoms with van der Waals surface area (Å²) in [6.45, 7) is 1.16. The Hall–Kier alpha value is -5.90.